The molecule has 0 aliphatic carbocycles. The van der Waals surface area contributed by atoms with Gasteiger partial charge in [0.2, 0.25) is 0 Å². The number of aliphatic hydroxyl groups excluding tert-OH is 1. The minimum atomic E-state index is -4.39. The predicted molar refractivity (Wildman–Crippen MR) is 78.2 cm³/mol. The standard InChI is InChI=1S/C14H17F3N4O3/c1-9(5-11(22)12-3-2-4-24-12)19-13(23)20-10-6-18-21(7-10)8-14(15,16)17/h2-4,6-7,9,11,22H,5,8H2,1H3,(H2,19,20,23)/t9-,11-/m0/s1. The third-order valence-corrected chi connectivity index (χ3v) is 3.06. The zero-order valence-electron chi connectivity index (χ0n) is 12.7. The Morgan fingerprint density at radius 3 is 2.88 bits per heavy atom. The molecule has 24 heavy (non-hydrogen) atoms. The Bertz CT molecular complexity index is 655. The van der Waals surface area contributed by atoms with E-state index in [0.29, 0.717) is 10.4 Å². The van der Waals surface area contributed by atoms with Crippen molar-refractivity contribution in [3.8, 4) is 0 Å². The van der Waals surface area contributed by atoms with Crippen LogP contribution < -0.4 is 10.6 Å². The van der Waals surface area contributed by atoms with Crippen LogP contribution in [0.3, 0.4) is 0 Å². The fraction of sp³-hybridized carbons (Fsp3) is 0.429. The molecule has 0 bridgehead atoms. The number of anilines is 1. The highest BCUT2D eigenvalue weighted by molar-refractivity contribution is 5.89. The quantitative estimate of drug-likeness (QED) is 0.750. The van der Waals surface area contributed by atoms with Crippen molar-refractivity contribution < 1.29 is 27.5 Å². The van der Waals surface area contributed by atoms with Crippen LogP contribution in [0, 0.1) is 0 Å². The van der Waals surface area contributed by atoms with E-state index in [1.165, 1.54) is 6.26 Å². The van der Waals surface area contributed by atoms with E-state index in [2.05, 4.69) is 15.7 Å². The normalized spacial score (nSPS) is 14.2. The summed E-state index contributed by atoms with van der Waals surface area (Å²) >= 11 is 0. The van der Waals surface area contributed by atoms with Crippen LogP contribution >= 0.6 is 0 Å². The van der Waals surface area contributed by atoms with Crippen molar-refractivity contribution >= 4 is 11.7 Å². The number of aliphatic hydroxyl groups is 1. The van der Waals surface area contributed by atoms with Gasteiger partial charge in [0.15, 0.2) is 0 Å². The smallest absolute Gasteiger partial charge is 0.408 e. The van der Waals surface area contributed by atoms with E-state index >= 15 is 0 Å². The molecule has 2 aromatic rings. The number of carbonyl (C=O) groups is 1. The molecule has 3 N–H and O–H groups in total. The lowest BCUT2D eigenvalue weighted by molar-refractivity contribution is -0.142. The van der Waals surface area contributed by atoms with Crippen molar-refractivity contribution in [2.75, 3.05) is 5.32 Å². The first-order valence-corrected chi connectivity index (χ1v) is 7.11. The molecule has 0 fully saturated rings. The first-order chi connectivity index (χ1) is 11.2. The summed E-state index contributed by atoms with van der Waals surface area (Å²) in [6, 6.07) is 2.25. The SMILES string of the molecule is C[C@@H](C[C@H](O)c1ccco1)NC(=O)Nc1cnn(CC(F)(F)F)c1. The van der Waals surface area contributed by atoms with Crippen LogP contribution in [-0.2, 0) is 6.54 Å². The van der Waals surface area contributed by atoms with E-state index in [-0.39, 0.29) is 12.1 Å². The largest absolute Gasteiger partial charge is 0.467 e. The summed E-state index contributed by atoms with van der Waals surface area (Å²) in [5.41, 5.74) is 0.135. The van der Waals surface area contributed by atoms with Crippen LogP contribution in [0.1, 0.15) is 25.2 Å². The number of rotatable bonds is 6. The Labute approximate surface area is 135 Å². The number of halogens is 3. The summed E-state index contributed by atoms with van der Waals surface area (Å²) in [4.78, 5) is 11.8. The molecule has 2 atom stereocenters. The number of alkyl halides is 3. The van der Waals surface area contributed by atoms with Crippen molar-refractivity contribution in [1.29, 1.82) is 0 Å². The predicted octanol–water partition coefficient (Wildman–Crippen LogP) is 2.67. The summed E-state index contributed by atoms with van der Waals surface area (Å²) in [6.45, 7) is 0.445. The van der Waals surface area contributed by atoms with Crippen molar-refractivity contribution in [2.24, 2.45) is 0 Å². The maximum Gasteiger partial charge on any atom is 0.408 e. The van der Waals surface area contributed by atoms with Crippen molar-refractivity contribution in [2.45, 2.75) is 38.2 Å². The molecular formula is C14H17F3N4O3. The highest BCUT2D eigenvalue weighted by Gasteiger charge is 2.28. The van der Waals surface area contributed by atoms with E-state index in [4.69, 9.17) is 4.42 Å². The zero-order chi connectivity index (χ0) is 17.7. The Hall–Kier alpha value is -2.49. The van der Waals surface area contributed by atoms with E-state index in [1.54, 1.807) is 19.1 Å². The lowest BCUT2D eigenvalue weighted by atomic mass is 10.1. The van der Waals surface area contributed by atoms with E-state index in [1.807, 2.05) is 0 Å². The summed E-state index contributed by atoms with van der Waals surface area (Å²) in [7, 11) is 0. The molecule has 0 aliphatic rings. The van der Waals surface area contributed by atoms with Crippen LogP contribution in [-0.4, -0.2) is 33.1 Å². The second-order valence-corrected chi connectivity index (χ2v) is 5.31. The van der Waals surface area contributed by atoms with Gasteiger partial charge in [-0.25, -0.2) is 4.79 Å². The molecule has 2 heterocycles. The number of carbonyl (C=O) groups excluding carboxylic acids is 1. The molecule has 10 heteroatoms. The van der Waals surface area contributed by atoms with Gasteiger partial charge in [0, 0.05) is 18.7 Å². The van der Waals surface area contributed by atoms with Gasteiger partial charge in [0.25, 0.3) is 0 Å². The first-order valence-electron chi connectivity index (χ1n) is 7.11. The maximum atomic E-state index is 12.2. The molecule has 0 unspecified atom stereocenters. The summed E-state index contributed by atoms with van der Waals surface area (Å²) < 4.78 is 42.4. The average Bonchev–Trinajstić information content (AvgIpc) is 3.08. The third kappa shape index (κ3) is 5.61. The van der Waals surface area contributed by atoms with Crippen LogP contribution in [0.25, 0.3) is 0 Å². The molecule has 0 radical (unpaired) electrons. The fourth-order valence-electron chi connectivity index (χ4n) is 2.08. The molecule has 0 aliphatic heterocycles. The highest BCUT2D eigenvalue weighted by Crippen LogP contribution is 2.19. The van der Waals surface area contributed by atoms with Gasteiger partial charge in [0.1, 0.15) is 18.4 Å². The van der Waals surface area contributed by atoms with Crippen LogP contribution in [0.5, 0.6) is 0 Å². The number of urea groups is 1. The van der Waals surface area contributed by atoms with Crippen molar-refractivity contribution in [3.63, 3.8) is 0 Å². The molecule has 0 aromatic carbocycles. The summed E-state index contributed by atoms with van der Waals surface area (Å²) in [5, 5.41) is 18.4. The van der Waals surface area contributed by atoms with Crippen LogP contribution in [0.2, 0.25) is 0 Å². The monoisotopic (exact) mass is 346 g/mol. The number of furan rings is 1. The molecule has 2 rings (SSSR count). The molecule has 0 saturated heterocycles. The molecule has 132 valence electrons. The fourth-order valence-corrected chi connectivity index (χ4v) is 2.08. The molecular weight excluding hydrogens is 329 g/mol. The minimum Gasteiger partial charge on any atom is -0.467 e. The molecule has 0 spiro atoms. The highest BCUT2D eigenvalue weighted by atomic mass is 19.4. The Kier molecular flexibility index (Phi) is 5.50. The number of hydrogen-bond acceptors (Lipinski definition) is 4. The van der Waals surface area contributed by atoms with Gasteiger partial charge in [-0.2, -0.15) is 18.3 Å². The summed E-state index contributed by atoms with van der Waals surface area (Å²) in [5.74, 6) is 0.387. The lowest BCUT2D eigenvalue weighted by Crippen LogP contribution is -2.36. The maximum absolute atomic E-state index is 12.2. The van der Waals surface area contributed by atoms with Gasteiger partial charge in [-0.15, -0.1) is 0 Å². The molecule has 0 saturated carbocycles. The van der Waals surface area contributed by atoms with E-state index < -0.39 is 30.9 Å². The number of aromatic nitrogens is 2. The Balaban J connectivity index is 1.80. The lowest BCUT2D eigenvalue weighted by Gasteiger charge is -2.16. The van der Waals surface area contributed by atoms with Crippen LogP contribution in [0.15, 0.2) is 35.2 Å². The van der Waals surface area contributed by atoms with Crippen molar-refractivity contribution in [1.82, 2.24) is 15.1 Å². The van der Waals surface area contributed by atoms with Gasteiger partial charge in [-0.3, -0.25) is 4.68 Å². The van der Waals surface area contributed by atoms with Gasteiger partial charge in [0.05, 0.1) is 18.1 Å². The topological polar surface area (TPSA) is 92.3 Å². The van der Waals surface area contributed by atoms with Crippen LogP contribution in [0.4, 0.5) is 23.7 Å². The second-order valence-electron chi connectivity index (χ2n) is 5.31. The van der Waals surface area contributed by atoms with Gasteiger partial charge in [-0.1, -0.05) is 0 Å². The second kappa shape index (κ2) is 7.39. The Morgan fingerprint density at radius 2 is 2.25 bits per heavy atom. The summed E-state index contributed by atoms with van der Waals surface area (Å²) in [6.07, 6.45) is -1.41. The zero-order valence-corrected chi connectivity index (χ0v) is 12.7. The van der Waals surface area contributed by atoms with Gasteiger partial charge in [-0.05, 0) is 19.1 Å². The van der Waals surface area contributed by atoms with E-state index in [0.717, 1.165) is 12.4 Å². The number of nitrogens with zero attached hydrogens (tertiary/aromatic N) is 2. The Morgan fingerprint density at radius 1 is 1.50 bits per heavy atom. The minimum absolute atomic E-state index is 0.135. The molecule has 2 amide bonds. The first kappa shape index (κ1) is 17.9. The van der Waals surface area contributed by atoms with E-state index in [9.17, 15) is 23.1 Å². The van der Waals surface area contributed by atoms with Gasteiger partial charge >= 0.3 is 12.2 Å². The molecule has 2 aromatic heterocycles. The third-order valence-electron chi connectivity index (χ3n) is 3.06. The van der Waals surface area contributed by atoms with Crippen molar-refractivity contribution in [3.05, 3.63) is 36.5 Å². The number of nitrogens with one attached hydrogen (secondary N) is 2. The van der Waals surface area contributed by atoms with Gasteiger partial charge < -0.3 is 20.2 Å². The number of amides is 2. The number of hydrogen-bond donors (Lipinski definition) is 3. The average molecular weight is 346 g/mol. The molecule has 7 nitrogen and oxygen atoms in total.